The minimum Gasteiger partial charge on any atom is -0.282 e. The van der Waals surface area contributed by atoms with Crippen LogP contribution in [0, 0.1) is 0 Å². The first-order chi connectivity index (χ1) is 8.38. The van der Waals surface area contributed by atoms with Crippen LogP contribution in [0.1, 0.15) is 6.42 Å². The minimum absolute atomic E-state index is 0.258. The number of hydrogen-bond donors (Lipinski definition) is 3. The molecule has 0 aromatic carbocycles. The number of aliphatic imine (C=N–C) groups is 1. The van der Waals surface area contributed by atoms with E-state index in [1.54, 1.807) is 5.32 Å². The fraction of sp³-hybridized carbons (Fsp3) is 0.125. The second-order valence-electron chi connectivity index (χ2n) is 2.98. The average molecular weight is 254 g/mol. The molecule has 0 radical (unpaired) electrons. The summed E-state index contributed by atoms with van der Waals surface area (Å²) in [4.78, 5) is 64.4. The molecule has 0 saturated carbocycles. The van der Waals surface area contributed by atoms with Gasteiger partial charge in [0.1, 0.15) is 6.42 Å². The van der Waals surface area contributed by atoms with Crippen LogP contribution in [0.2, 0.25) is 0 Å². The van der Waals surface area contributed by atoms with Gasteiger partial charge < -0.3 is 0 Å². The molecule has 0 bridgehead atoms. The summed E-state index contributed by atoms with van der Waals surface area (Å²) in [7, 11) is 0. The molecule has 0 aromatic heterocycles. The Morgan fingerprint density at radius 2 is 1.44 bits per heavy atom. The molecule has 0 unspecified atom stereocenters. The van der Waals surface area contributed by atoms with Crippen molar-refractivity contribution in [2.24, 2.45) is 4.99 Å². The summed E-state index contributed by atoms with van der Waals surface area (Å²) in [5, 5.41) is 5.50. The van der Waals surface area contributed by atoms with Gasteiger partial charge in [0.2, 0.25) is 11.8 Å². The lowest BCUT2D eigenvalue weighted by Gasteiger charge is -2.09. The van der Waals surface area contributed by atoms with Gasteiger partial charge in [-0.25, -0.2) is 9.59 Å². The van der Waals surface area contributed by atoms with Gasteiger partial charge in [-0.15, -0.1) is 0 Å². The maximum Gasteiger partial charge on any atom is 0.348 e. The summed E-state index contributed by atoms with van der Waals surface area (Å²) in [5.41, 5.74) is 0. The smallest absolute Gasteiger partial charge is 0.282 e. The number of hydrogen-bond acceptors (Lipinski definition) is 6. The minimum atomic E-state index is -0.921. The lowest BCUT2D eigenvalue weighted by atomic mass is 10.3. The second-order valence-corrected chi connectivity index (χ2v) is 2.98. The van der Waals surface area contributed by atoms with Crippen molar-refractivity contribution in [3.8, 4) is 0 Å². The molecule has 0 aliphatic carbocycles. The maximum atomic E-state index is 10.3. The van der Waals surface area contributed by atoms with Crippen LogP contribution in [0.15, 0.2) is 4.99 Å². The Morgan fingerprint density at radius 1 is 0.889 bits per heavy atom. The number of urea groups is 2. The van der Waals surface area contributed by atoms with Crippen LogP contribution in [-0.2, 0) is 19.2 Å². The number of nitrogens with zero attached hydrogens (tertiary/aromatic N) is 1. The lowest BCUT2D eigenvalue weighted by molar-refractivity contribution is -0.133. The first-order valence-corrected chi connectivity index (χ1v) is 4.45. The van der Waals surface area contributed by atoms with Gasteiger partial charge in [-0.1, -0.05) is 0 Å². The van der Waals surface area contributed by atoms with Gasteiger partial charge in [0.05, 0.1) is 6.21 Å². The van der Waals surface area contributed by atoms with E-state index in [1.165, 1.54) is 0 Å². The Bertz CT molecular complexity index is 449. The SMILES string of the molecule is O=C1CC(=O)NC(=O)N1.O=C1N=CC(=O)C(=O)N1. The third-order valence-electron chi connectivity index (χ3n) is 1.57. The molecule has 0 aromatic rings. The van der Waals surface area contributed by atoms with Gasteiger partial charge in [0, 0.05) is 0 Å². The maximum absolute atomic E-state index is 10.3. The van der Waals surface area contributed by atoms with E-state index in [1.807, 2.05) is 10.6 Å². The number of barbiturate groups is 1. The van der Waals surface area contributed by atoms with E-state index in [2.05, 4.69) is 4.99 Å². The fourth-order valence-electron chi connectivity index (χ4n) is 0.886. The largest absolute Gasteiger partial charge is 0.348 e. The number of rotatable bonds is 0. The van der Waals surface area contributed by atoms with Crippen LogP contribution in [-0.4, -0.2) is 41.8 Å². The molecule has 94 valence electrons. The van der Waals surface area contributed by atoms with E-state index >= 15 is 0 Å². The number of amides is 7. The molecule has 2 aliphatic heterocycles. The van der Waals surface area contributed by atoms with E-state index in [0.717, 1.165) is 0 Å². The summed E-state index contributed by atoms with van der Waals surface area (Å²) < 4.78 is 0. The normalized spacial score (nSPS) is 18.4. The van der Waals surface area contributed by atoms with Gasteiger partial charge in [-0.05, 0) is 0 Å². The molecule has 1 saturated heterocycles. The molecular formula is C8H6N4O6. The molecular weight excluding hydrogens is 248 g/mol. The Kier molecular flexibility index (Phi) is 3.97. The molecule has 1 fully saturated rings. The van der Waals surface area contributed by atoms with Crippen molar-refractivity contribution in [2.45, 2.75) is 6.42 Å². The monoisotopic (exact) mass is 254 g/mol. The highest BCUT2D eigenvalue weighted by molar-refractivity contribution is 6.61. The highest BCUT2D eigenvalue weighted by atomic mass is 16.2. The van der Waals surface area contributed by atoms with Crippen molar-refractivity contribution in [3.05, 3.63) is 0 Å². The Morgan fingerprint density at radius 3 is 1.83 bits per heavy atom. The van der Waals surface area contributed by atoms with Crippen molar-refractivity contribution in [3.63, 3.8) is 0 Å². The van der Waals surface area contributed by atoms with Crippen molar-refractivity contribution < 1.29 is 28.8 Å². The van der Waals surface area contributed by atoms with E-state index in [0.29, 0.717) is 6.21 Å². The average Bonchev–Trinajstić information content (AvgIpc) is 2.23. The standard InChI is InChI=1S/C4H2N2O3.C4H4N2O3/c7-2-1-5-4(9)6-3(2)8;7-2-1-3(8)6-4(9)5-2/h1H,(H,6,8,9);1H2,(H2,5,6,7,8,9). The van der Waals surface area contributed by atoms with Crippen LogP contribution in [0.5, 0.6) is 0 Å². The van der Waals surface area contributed by atoms with Crippen LogP contribution in [0.3, 0.4) is 0 Å². The van der Waals surface area contributed by atoms with Crippen LogP contribution in [0.25, 0.3) is 0 Å². The van der Waals surface area contributed by atoms with E-state index < -0.39 is 35.6 Å². The zero-order valence-corrected chi connectivity index (χ0v) is 8.68. The molecule has 3 N–H and O–H groups in total. The number of imide groups is 3. The van der Waals surface area contributed by atoms with Gasteiger partial charge in [0.15, 0.2) is 0 Å². The van der Waals surface area contributed by atoms with E-state index in [4.69, 9.17) is 0 Å². The molecule has 7 amide bonds. The van der Waals surface area contributed by atoms with Crippen molar-refractivity contribution in [2.75, 3.05) is 0 Å². The number of nitrogens with one attached hydrogen (secondary N) is 3. The Hall–Kier alpha value is -2.91. The van der Waals surface area contributed by atoms with Crippen LogP contribution >= 0.6 is 0 Å². The van der Waals surface area contributed by atoms with Gasteiger partial charge >= 0.3 is 18.0 Å². The van der Waals surface area contributed by atoms with Crippen molar-refractivity contribution >= 4 is 41.8 Å². The third kappa shape index (κ3) is 3.92. The molecule has 18 heavy (non-hydrogen) atoms. The summed E-state index contributed by atoms with van der Waals surface area (Å²) in [5.74, 6) is -2.82. The molecule has 0 spiro atoms. The summed E-state index contributed by atoms with van der Waals surface area (Å²) in [6, 6.07) is -1.53. The highest BCUT2D eigenvalue weighted by Gasteiger charge is 2.20. The summed E-state index contributed by atoms with van der Waals surface area (Å²) in [6.07, 6.45) is 0.437. The first kappa shape index (κ1) is 13.2. The predicted octanol–water partition coefficient (Wildman–Crippen LogP) is -2.38. The predicted molar refractivity (Wildman–Crippen MR) is 53.3 cm³/mol. The molecule has 2 heterocycles. The summed E-state index contributed by atoms with van der Waals surface area (Å²) >= 11 is 0. The molecule has 10 nitrogen and oxygen atoms in total. The van der Waals surface area contributed by atoms with Crippen molar-refractivity contribution in [1.82, 2.24) is 16.0 Å². The van der Waals surface area contributed by atoms with E-state index in [9.17, 15) is 28.8 Å². The Balaban J connectivity index is 0.000000180. The third-order valence-corrected chi connectivity index (χ3v) is 1.57. The zero-order chi connectivity index (χ0) is 13.7. The Labute approximate surface area is 98.8 Å². The van der Waals surface area contributed by atoms with Gasteiger partial charge in [-0.2, -0.15) is 4.99 Å². The molecule has 10 heteroatoms. The van der Waals surface area contributed by atoms with Crippen LogP contribution < -0.4 is 16.0 Å². The highest BCUT2D eigenvalue weighted by Crippen LogP contribution is 1.85. The first-order valence-electron chi connectivity index (χ1n) is 4.45. The second kappa shape index (κ2) is 5.43. The number of ketones is 1. The summed E-state index contributed by atoms with van der Waals surface area (Å²) in [6.45, 7) is 0. The lowest BCUT2D eigenvalue weighted by Crippen LogP contribution is -2.49. The fourth-order valence-corrected chi connectivity index (χ4v) is 0.886. The quantitative estimate of drug-likeness (QED) is 0.324. The molecule has 0 atom stereocenters. The van der Waals surface area contributed by atoms with E-state index in [-0.39, 0.29) is 6.42 Å². The van der Waals surface area contributed by atoms with Gasteiger partial charge in [0.25, 0.3) is 5.78 Å². The van der Waals surface area contributed by atoms with Gasteiger partial charge in [-0.3, -0.25) is 35.1 Å². The molecule has 2 rings (SSSR count). The number of Topliss-reactive ketones (excluding diaryl/α,β-unsaturated/α-hetero) is 1. The van der Waals surface area contributed by atoms with Crippen LogP contribution in [0.4, 0.5) is 9.59 Å². The zero-order valence-electron chi connectivity index (χ0n) is 8.68. The topological polar surface area (TPSA) is 151 Å². The number of carbonyl (C=O) groups is 6. The van der Waals surface area contributed by atoms with Crippen molar-refractivity contribution in [1.29, 1.82) is 0 Å². The number of carbonyl (C=O) groups excluding carboxylic acids is 6. The molecule has 2 aliphatic rings.